The van der Waals surface area contributed by atoms with Gasteiger partial charge in [0.05, 0.1) is 0 Å². The van der Waals surface area contributed by atoms with Gasteiger partial charge in [0.25, 0.3) is 0 Å². The summed E-state index contributed by atoms with van der Waals surface area (Å²) in [5.41, 5.74) is 15.9. The maximum Gasteiger partial charge on any atom is 0.119 e. The standard InChI is InChI=1S/C56H86O/c1-45(2)23-14-24-46(3)25-15-26-47(4)27-16-28-48(5)29-17-30-49(6)31-18-32-50(7)33-19-34-51(8)35-20-36-52(9)37-21-38-53(10)39-22-40-54(11)43-44-55-41-12-13-42-56(55)57/h12-13,23,25,27,29,31,33,35,37,39,41-43,57H,14-22,24,26,28,30,32,34,36,38,40,44H2,1-11H3/b46-25+,47-27+,48-29+,49-31+,50-33+,51-35+,52-37+,53-39+,54-43+. The number of aromatic hydroxyl groups is 1. The average molecular weight is 775 g/mol. The molecule has 0 atom stereocenters. The summed E-state index contributed by atoms with van der Waals surface area (Å²) in [6.07, 6.45) is 45.7. The van der Waals surface area contributed by atoms with Gasteiger partial charge in [0, 0.05) is 0 Å². The quantitative estimate of drug-likeness (QED) is 0.0804. The molecule has 1 aromatic rings. The van der Waals surface area contributed by atoms with Gasteiger partial charge >= 0.3 is 0 Å². The van der Waals surface area contributed by atoms with E-state index in [0.29, 0.717) is 5.75 Å². The van der Waals surface area contributed by atoms with Gasteiger partial charge in [0.15, 0.2) is 0 Å². The van der Waals surface area contributed by atoms with Crippen LogP contribution in [0.1, 0.15) is 197 Å². The third-order valence-corrected chi connectivity index (χ3v) is 11.0. The van der Waals surface area contributed by atoms with Gasteiger partial charge in [-0.15, -0.1) is 0 Å². The molecule has 0 spiro atoms. The predicted octanol–water partition coefficient (Wildman–Crippen LogP) is 18.4. The molecule has 0 fully saturated rings. The lowest BCUT2D eigenvalue weighted by Crippen LogP contribution is -1.85. The molecule has 57 heavy (non-hydrogen) atoms. The van der Waals surface area contributed by atoms with Crippen molar-refractivity contribution < 1.29 is 5.11 Å². The van der Waals surface area contributed by atoms with Crippen LogP contribution in [-0.2, 0) is 6.42 Å². The molecule has 0 aliphatic heterocycles. The second-order valence-electron chi connectivity index (χ2n) is 17.4. The van der Waals surface area contributed by atoms with Crippen LogP contribution >= 0.6 is 0 Å². The monoisotopic (exact) mass is 775 g/mol. The van der Waals surface area contributed by atoms with E-state index in [9.17, 15) is 5.11 Å². The minimum atomic E-state index is 0.389. The summed E-state index contributed by atoms with van der Waals surface area (Å²) in [5.74, 6) is 0.389. The molecule has 0 unspecified atom stereocenters. The second kappa shape index (κ2) is 32.4. The van der Waals surface area contributed by atoms with Crippen LogP contribution < -0.4 is 0 Å². The Bertz CT molecular complexity index is 1600. The number of phenolic OH excluding ortho intramolecular Hbond substituents is 1. The molecule has 316 valence electrons. The van der Waals surface area contributed by atoms with E-state index in [1.54, 1.807) is 6.07 Å². The van der Waals surface area contributed by atoms with Crippen molar-refractivity contribution in [3.8, 4) is 5.75 Å². The summed E-state index contributed by atoms with van der Waals surface area (Å²) in [6, 6.07) is 7.62. The van der Waals surface area contributed by atoms with Gasteiger partial charge in [-0.25, -0.2) is 0 Å². The Hall–Kier alpha value is -3.58. The largest absolute Gasteiger partial charge is 0.508 e. The molecule has 1 heteroatoms. The number of phenols is 1. The zero-order valence-corrected chi connectivity index (χ0v) is 39.0. The Morgan fingerprint density at radius 2 is 0.561 bits per heavy atom. The first-order valence-electron chi connectivity index (χ1n) is 22.6. The third kappa shape index (κ3) is 30.2. The maximum absolute atomic E-state index is 9.97. The first-order valence-corrected chi connectivity index (χ1v) is 22.6. The van der Waals surface area contributed by atoms with Crippen molar-refractivity contribution in [1.82, 2.24) is 0 Å². The zero-order valence-electron chi connectivity index (χ0n) is 39.0. The highest BCUT2D eigenvalue weighted by Crippen LogP contribution is 2.20. The molecule has 1 nitrogen and oxygen atoms in total. The molecule has 1 rings (SSSR count). The van der Waals surface area contributed by atoms with Gasteiger partial charge in [0.1, 0.15) is 5.75 Å². The van der Waals surface area contributed by atoms with E-state index in [2.05, 4.69) is 137 Å². The average Bonchev–Trinajstić information content (AvgIpc) is 3.14. The molecule has 0 aromatic heterocycles. The van der Waals surface area contributed by atoms with Crippen LogP contribution in [0.15, 0.2) is 141 Å². The van der Waals surface area contributed by atoms with Gasteiger partial charge in [-0.1, -0.05) is 135 Å². The van der Waals surface area contributed by atoms with Crippen LogP contribution in [0.5, 0.6) is 5.75 Å². The Morgan fingerprint density at radius 3 is 0.807 bits per heavy atom. The molecular formula is C56H86O. The number of hydrogen-bond acceptors (Lipinski definition) is 1. The smallest absolute Gasteiger partial charge is 0.119 e. The highest BCUT2D eigenvalue weighted by Gasteiger charge is 2.00. The fraction of sp³-hybridized carbons (Fsp3) is 0.536. The summed E-state index contributed by atoms with van der Waals surface area (Å²) < 4.78 is 0. The Morgan fingerprint density at radius 1 is 0.333 bits per heavy atom. The Kier molecular flexibility index (Phi) is 29.2. The van der Waals surface area contributed by atoms with Gasteiger partial charge in [-0.05, 0) is 210 Å². The fourth-order valence-corrected chi connectivity index (χ4v) is 6.84. The fourth-order valence-electron chi connectivity index (χ4n) is 6.84. The molecular weight excluding hydrogens is 689 g/mol. The Labute approximate surface area is 354 Å². The summed E-state index contributed by atoms with van der Waals surface area (Å²) in [4.78, 5) is 0. The lowest BCUT2D eigenvalue weighted by Gasteiger charge is -2.04. The van der Waals surface area contributed by atoms with E-state index in [1.165, 1.54) is 101 Å². The molecule has 0 aliphatic carbocycles. The number of benzene rings is 1. The molecule has 0 bridgehead atoms. The summed E-state index contributed by atoms with van der Waals surface area (Å²) in [5, 5.41) is 9.97. The van der Waals surface area contributed by atoms with E-state index in [4.69, 9.17) is 0 Å². The zero-order chi connectivity index (χ0) is 42.3. The molecule has 1 N–H and O–H groups in total. The van der Waals surface area contributed by atoms with Crippen LogP contribution in [0.2, 0.25) is 0 Å². The first-order chi connectivity index (χ1) is 27.2. The summed E-state index contributed by atoms with van der Waals surface area (Å²) in [6.45, 7) is 24.9. The van der Waals surface area contributed by atoms with Crippen molar-refractivity contribution in [3.05, 3.63) is 146 Å². The maximum atomic E-state index is 9.97. The number of allylic oxidation sites excluding steroid dienone is 20. The Balaban J connectivity index is 2.23. The lowest BCUT2D eigenvalue weighted by atomic mass is 10.0. The third-order valence-electron chi connectivity index (χ3n) is 11.0. The number of rotatable bonds is 29. The molecule has 0 heterocycles. The van der Waals surface area contributed by atoms with E-state index < -0.39 is 0 Å². The van der Waals surface area contributed by atoms with Gasteiger partial charge < -0.3 is 5.11 Å². The van der Waals surface area contributed by atoms with Crippen LogP contribution in [-0.4, -0.2) is 5.11 Å². The second-order valence-corrected chi connectivity index (χ2v) is 17.4. The molecule has 0 saturated heterocycles. The minimum absolute atomic E-state index is 0.389. The van der Waals surface area contributed by atoms with Crippen molar-refractivity contribution in [1.29, 1.82) is 0 Å². The molecule has 0 aliphatic rings. The van der Waals surface area contributed by atoms with E-state index >= 15 is 0 Å². The van der Waals surface area contributed by atoms with Gasteiger partial charge in [0.2, 0.25) is 0 Å². The molecule has 0 radical (unpaired) electrons. The van der Waals surface area contributed by atoms with Crippen LogP contribution in [0.3, 0.4) is 0 Å². The van der Waals surface area contributed by atoms with Crippen molar-refractivity contribution in [2.45, 2.75) is 198 Å². The van der Waals surface area contributed by atoms with Crippen LogP contribution in [0.25, 0.3) is 0 Å². The normalized spacial score (nSPS) is 14.5. The summed E-state index contributed by atoms with van der Waals surface area (Å²) in [7, 11) is 0. The SMILES string of the molecule is CC(C)=CCC/C(C)=C/CC/C(C)=C/CC/C(C)=C/CC/C(C)=C/CC/C(C)=C/CC/C(C)=C/CC/C(C)=C/CC/C(C)=C/CC/C(C)=C/Cc1ccccc1O. The molecule has 1 aromatic carbocycles. The minimum Gasteiger partial charge on any atom is -0.508 e. The number of para-hydroxylation sites is 1. The predicted molar refractivity (Wildman–Crippen MR) is 258 cm³/mol. The van der Waals surface area contributed by atoms with Crippen molar-refractivity contribution >= 4 is 0 Å². The highest BCUT2D eigenvalue weighted by atomic mass is 16.3. The topological polar surface area (TPSA) is 20.2 Å². The van der Waals surface area contributed by atoms with E-state index in [-0.39, 0.29) is 0 Å². The van der Waals surface area contributed by atoms with Gasteiger partial charge in [-0.2, -0.15) is 0 Å². The lowest BCUT2D eigenvalue weighted by molar-refractivity contribution is 0.469. The van der Waals surface area contributed by atoms with Gasteiger partial charge in [-0.3, -0.25) is 0 Å². The first kappa shape index (κ1) is 51.4. The number of hydrogen-bond donors (Lipinski definition) is 1. The summed E-state index contributed by atoms with van der Waals surface area (Å²) >= 11 is 0. The van der Waals surface area contributed by atoms with E-state index in [0.717, 1.165) is 82.6 Å². The van der Waals surface area contributed by atoms with Crippen molar-refractivity contribution in [2.24, 2.45) is 0 Å². The van der Waals surface area contributed by atoms with Crippen molar-refractivity contribution in [3.63, 3.8) is 0 Å². The van der Waals surface area contributed by atoms with Crippen LogP contribution in [0, 0.1) is 0 Å². The molecule has 0 amide bonds. The van der Waals surface area contributed by atoms with E-state index in [1.807, 2.05) is 18.2 Å². The van der Waals surface area contributed by atoms with Crippen molar-refractivity contribution in [2.75, 3.05) is 0 Å². The molecule has 0 saturated carbocycles. The highest BCUT2D eigenvalue weighted by molar-refractivity contribution is 5.33. The van der Waals surface area contributed by atoms with Crippen LogP contribution in [0.4, 0.5) is 0 Å².